The van der Waals surface area contributed by atoms with Gasteiger partial charge in [0, 0.05) is 78.0 Å². The molecule has 2 aliphatic heterocycles. The Morgan fingerprint density at radius 1 is 0.940 bits per heavy atom. The van der Waals surface area contributed by atoms with Crippen molar-refractivity contribution in [2.45, 2.75) is 51.9 Å². The quantitative estimate of drug-likeness (QED) is 0.198. The second-order valence-electron chi connectivity index (χ2n) is 13.1. The smallest absolute Gasteiger partial charge is 0.220 e. The van der Waals surface area contributed by atoms with Crippen LogP contribution in [0.1, 0.15) is 52.8 Å². The van der Waals surface area contributed by atoms with E-state index in [9.17, 15) is 13.2 Å². The molecule has 4 aromatic rings. The molecule has 1 fully saturated rings. The number of amides is 1. The van der Waals surface area contributed by atoms with Gasteiger partial charge in [-0.15, -0.1) is 0 Å². The van der Waals surface area contributed by atoms with Gasteiger partial charge < -0.3 is 16.0 Å². The van der Waals surface area contributed by atoms with Gasteiger partial charge in [0.25, 0.3) is 0 Å². The average molecular weight is 734 g/mol. The molecule has 12 heteroatoms. The number of fused-ring (bicyclic) bond motifs is 1. The summed E-state index contributed by atoms with van der Waals surface area (Å²) in [6.07, 6.45) is 4.33. The first-order chi connectivity index (χ1) is 24.0. The SMILES string of the molecule is CS(=O)(=O)N1CCc2c(c(-c3ccc(Cl)c(C#Cc4ccc(CNCc5ccc(Cl)cc5)cc4)c3)nn2CCCN2CCC(C(N)=O)CC2)C1. The zero-order chi connectivity index (χ0) is 35.3. The lowest BCUT2D eigenvalue weighted by Crippen LogP contribution is -2.39. The number of halogens is 2. The number of benzene rings is 3. The van der Waals surface area contributed by atoms with E-state index in [1.807, 2.05) is 59.3 Å². The lowest BCUT2D eigenvalue weighted by Gasteiger charge is -2.30. The Labute approximate surface area is 304 Å². The number of likely N-dealkylation sites (tertiary alicyclic amines) is 1. The van der Waals surface area contributed by atoms with Gasteiger partial charge in [-0.2, -0.15) is 9.40 Å². The van der Waals surface area contributed by atoms with E-state index in [0.29, 0.717) is 30.1 Å². The minimum atomic E-state index is -3.37. The fourth-order valence-corrected chi connectivity index (χ4v) is 7.70. The van der Waals surface area contributed by atoms with E-state index in [2.05, 4.69) is 34.2 Å². The molecule has 1 saturated heterocycles. The number of aromatic nitrogens is 2. The van der Waals surface area contributed by atoms with Crippen molar-refractivity contribution in [2.24, 2.45) is 11.7 Å². The standard InChI is InChI=1S/C38H42Cl2N6O3S/c1-50(48,49)45-22-17-36-34(26-45)37(43-46(36)19-2-18-44-20-15-30(16-21-44)38(41)47)32-11-14-35(40)31(23-32)10-7-27-3-5-28(6-4-27)24-42-25-29-8-12-33(39)13-9-29/h3-6,8-9,11-14,23,30,42H,2,15-22,24-26H2,1H3,(H2,41,47). The van der Waals surface area contributed by atoms with E-state index in [1.54, 1.807) is 0 Å². The van der Waals surface area contributed by atoms with Gasteiger partial charge in [-0.25, -0.2) is 8.42 Å². The van der Waals surface area contributed by atoms with Gasteiger partial charge in [0.2, 0.25) is 15.9 Å². The highest BCUT2D eigenvalue weighted by molar-refractivity contribution is 7.88. The number of hydrogen-bond donors (Lipinski definition) is 2. The van der Waals surface area contributed by atoms with Crippen LogP contribution in [0.25, 0.3) is 11.3 Å². The van der Waals surface area contributed by atoms with Crippen LogP contribution in [-0.2, 0) is 47.4 Å². The Kier molecular flexibility index (Phi) is 11.6. The second kappa shape index (κ2) is 16.1. The van der Waals surface area contributed by atoms with E-state index < -0.39 is 10.0 Å². The first kappa shape index (κ1) is 36.1. The maximum absolute atomic E-state index is 12.5. The topological polar surface area (TPSA) is 114 Å². The number of rotatable bonds is 11. The molecule has 3 heterocycles. The molecule has 9 nitrogen and oxygen atoms in total. The summed E-state index contributed by atoms with van der Waals surface area (Å²) < 4.78 is 28.7. The molecule has 1 aromatic heterocycles. The molecule has 0 aliphatic carbocycles. The van der Waals surface area contributed by atoms with E-state index in [-0.39, 0.29) is 18.4 Å². The number of carbonyl (C=O) groups is 1. The van der Waals surface area contributed by atoms with Crippen molar-refractivity contribution >= 4 is 39.1 Å². The highest BCUT2D eigenvalue weighted by Gasteiger charge is 2.30. The van der Waals surface area contributed by atoms with E-state index >= 15 is 0 Å². The molecule has 50 heavy (non-hydrogen) atoms. The second-order valence-corrected chi connectivity index (χ2v) is 15.9. The maximum Gasteiger partial charge on any atom is 0.220 e. The number of nitrogens with zero attached hydrogens (tertiary/aromatic N) is 4. The van der Waals surface area contributed by atoms with Crippen LogP contribution >= 0.6 is 23.2 Å². The minimum Gasteiger partial charge on any atom is -0.369 e. The predicted molar refractivity (Wildman–Crippen MR) is 199 cm³/mol. The molecular formula is C38H42Cl2N6O3S. The van der Waals surface area contributed by atoms with Crippen LogP contribution in [0.5, 0.6) is 0 Å². The van der Waals surface area contributed by atoms with Gasteiger partial charge in [0.1, 0.15) is 0 Å². The molecule has 0 saturated carbocycles. The van der Waals surface area contributed by atoms with Crippen molar-refractivity contribution in [3.63, 3.8) is 0 Å². The van der Waals surface area contributed by atoms with Crippen molar-refractivity contribution < 1.29 is 13.2 Å². The summed E-state index contributed by atoms with van der Waals surface area (Å²) in [6.45, 7) is 5.51. The third-order valence-corrected chi connectivity index (χ3v) is 11.3. The fraction of sp³-hybridized carbons (Fsp3) is 0.368. The number of primary amides is 1. The van der Waals surface area contributed by atoms with Gasteiger partial charge in [-0.05, 0) is 86.4 Å². The highest BCUT2D eigenvalue weighted by Crippen LogP contribution is 2.33. The number of nitrogens with one attached hydrogen (secondary N) is 1. The predicted octanol–water partition coefficient (Wildman–Crippen LogP) is 5.45. The largest absolute Gasteiger partial charge is 0.369 e. The number of piperidine rings is 1. The Bertz CT molecular complexity index is 1990. The van der Waals surface area contributed by atoms with Gasteiger partial charge in [0.15, 0.2) is 0 Å². The molecular weight excluding hydrogens is 691 g/mol. The van der Waals surface area contributed by atoms with Crippen LogP contribution in [0.15, 0.2) is 66.7 Å². The molecule has 2 aliphatic rings. The number of sulfonamides is 1. The Morgan fingerprint density at radius 2 is 1.62 bits per heavy atom. The van der Waals surface area contributed by atoms with Crippen molar-refractivity contribution in [1.29, 1.82) is 0 Å². The first-order valence-corrected chi connectivity index (χ1v) is 19.6. The average Bonchev–Trinajstić information content (AvgIpc) is 3.47. The van der Waals surface area contributed by atoms with Crippen LogP contribution in [0, 0.1) is 17.8 Å². The van der Waals surface area contributed by atoms with Crippen molar-refractivity contribution in [3.05, 3.63) is 110 Å². The summed E-state index contributed by atoms with van der Waals surface area (Å²) in [5.41, 5.74) is 13.0. The van der Waals surface area contributed by atoms with Crippen LogP contribution in [0.4, 0.5) is 0 Å². The highest BCUT2D eigenvalue weighted by atomic mass is 35.5. The monoisotopic (exact) mass is 732 g/mol. The normalized spacial score (nSPS) is 15.7. The van der Waals surface area contributed by atoms with Crippen molar-refractivity contribution in [1.82, 2.24) is 24.3 Å². The number of carbonyl (C=O) groups excluding carboxylic acids is 1. The zero-order valence-electron chi connectivity index (χ0n) is 28.2. The molecule has 0 spiro atoms. The van der Waals surface area contributed by atoms with Gasteiger partial charge in [-0.3, -0.25) is 9.48 Å². The zero-order valence-corrected chi connectivity index (χ0v) is 30.5. The third kappa shape index (κ3) is 9.15. The Morgan fingerprint density at radius 3 is 2.28 bits per heavy atom. The summed E-state index contributed by atoms with van der Waals surface area (Å²) in [6, 6.07) is 21.6. The van der Waals surface area contributed by atoms with Crippen LogP contribution in [-0.4, -0.2) is 65.7 Å². The van der Waals surface area contributed by atoms with Gasteiger partial charge in [-0.1, -0.05) is 65.4 Å². The summed E-state index contributed by atoms with van der Waals surface area (Å²) in [7, 11) is -3.37. The molecule has 3 aromatic carbocycles. The lowest BCUT2D eigenvalue weighted by atomic mass is 9.96. The number of aryl methyl sites for hydroxylation is 1. The third-order valence-electron chi connectivity index (χ3n) is 9.51. The van der Waals surface area contributed by atoms with Crippen LogP contribution in [0.3, 0.4) is 0 Å². The molecule has 0 atom stereocenters. The summed E-state index contributed by atoms with van der Waals surface area (Å²) >= 11 is 12.6. The van der Waals surface area contributed by atoms with Crippen LogP contribution in [0.2, 0.25) is 10.0 Å². The Hall–Kier alpha value is -3.69. The number of nitrogens with two attached hydrogens (primary N) is 1. The number of hydrogen-bond acceptors (Lipinski definition) is 6. The first-order valence-electron chi connectivity index (χ1n) is 16.9. The molecule has 0 unspecified atom stereocenters. The van der Waals surface area contributed by atoms with E-state index in [0.717, 1.165) is 90.7 Å². The molecule has 262 valence electrons. The Balaban J connectivity index is 1.16. The summed E-state index contributed by atoms with van der Waals surface area (Å²) in [5.74, 6) is 6.26. The fourth-order valence-electron chi connectivity index (χ4n) is 6.62. The van der Waals surface area contributed by atoms with Crippen molar-refractivity contribution in [3.8, 4) is 23.1 Å². The van der Waals surface area contributed by atoms with Gasteiger partial charge >= 0.3 is 0 Å². The van der Waals surface area contributed by atoms with E-state index in [1.165, 1.54) is 16.1 Å². The molecule has 6 rings (SSSR count). The summed E-state index contributed by atoms with van der Waals surface area (Å²) in [5, 5.41) is 9.77. The lowest BCUT2D eigenvalue weighted by molar-refractivity contribution is -0.123. The molecule has 3 N–H and O–H groups in total. The summed E-state index contributed by atoms with van der Waals surface area (Å²) in [4.78, 5) is 13.9. The minimum absolute atomic E-state index is 0.0291. The molecule has 0 radical (unpaired) electrons. The molecule has 0 bridgehead atoms. The van der Waals surface area contributed by atoms with E-state index in [4.69, 9.17) is 34.0 Å². The van der Waals surface area contributed by atoms with Gasteiger partial charge in [0.05, 0.1) is 17.0 Å². The molecule has 1 amide bonds. The maximum atomic E-state index is 12.5. The van der Waals surface area contributed by atoms with Crippen LogP contribution < -0.4 is 11.1 Å². The van der Waals surface area contributed by atoms with Crippen molar-refractivity contribution in [2.75, 3.05) is 32.4 Å².